The molecule has 0 aliphatic carbocycles. The predicted octanol–water partition coefficient (Wildman–Crippen LogP) is 0.218. The first-order chi connectivity index (χ1) is 16.0. The van der Waals surface area contributed by atoms with Crippen LogP contribution >= 0.6 is 11.8 Å². The maximum atomic E-state index is 11.8. The molecule has 0 spiro atoms. The van der Waals surface area contributed by atoms with Gasteiger partial charge >= 0.3 is 35.9 Å². The van der Waals surface area contributed by atoms with E-state index in [1.165, 1.54) is 18.7 Å². The van der Waals surface area contributed by atoms with Gasteiger partial charge in [0.1, 0.15) is 24.2 Å². The molecule has 0 aromatic heterocycles. The van der Waals surface area contributed by atoms with Gasteiger partial charge in [-0.2, -0.15) is 0 Å². The van der Waals surface area contributed by atoms with Gasteiger partial charge in [-0.25, -0.2) is 9.59 Å². The predicted molar refractivity (Wildman–Crippen MR) is 112 cm³/mol. The smallest absolute Gasteiger partial charge is 0.415 e. The van der Waals surface area contributed by atoms with E-state index in [1.54, 1.807) is 0 Å². The number of alkyl carbamates (subject to hydrolysis) is 1. The van der Waals surface area contributed by atoms with Crippen LogP contribution in [0.2, 0.25) is 0 Å². The molecule has 0 bridgehead atoms. The number of cyclic esters (lactones) is 2. The number of ether oxygens (including phenoxy) is 6. The highest BCUT2D eigenvalue weighted by atomic mass is 32.2. The Morgan fingerprint density at radius 1 is 0.882 bits per heavy atom. The van der Waals surface area contributed by atoms with Crippen molar-refractivity contribution < 1.29 is 57.2 Å². The van der Waals surface area contributed by atoms with Crippen LogP contribution in [0.3, 0.4) is 0 Å². The van der Waals surface area contributed by atoms with Crippen LogP contribution in [-0.2, 0) is 52.4 Å². The van der Waals surface area contributed by atoms with E-state index in [4.69, 9.17) is 23.7 Å². The number of carbonyl (C=O) groups excluding carboxylic acids is 6. The minimum atomic E-state index is -1.23. The Labute approximate surface area is 199 Å². The van der Waals surface area contributed by atoms with E-state index in [-0.39, 0.29) is 6.61 Å². The van der Waals surface area contributed by atoms with Crippen molar-refractivity contribution in [2.45, 2.75) is 76.4 Å². The summed E-state index contributed by atoms with van der Waals surface area (Å²) in [6.07, 6.45) is -4.69. The number of carbonyl (C=O) groups is 6. The van der Waals surface area contributed by atoms with Crippen LogP contribution in [0.5, 0.6) is 0 Å². The molecule has 1 unspecified atom stereocenters. The van der Waals surface area contributed by atoms with Gasteiger partial charge in [0.25, 0.3) is 0 Å². The summed E-state index contributed by atoms with van der Waals surface area (Å²) in [7, 11) is 0. The number of hydrogen-bond acceptors (Lipinski definition) is 13. The van der Waals surface area contributed by atoms with Crippen molar-refractivity contribution >= 4 is 47.7 Å². The number of esters is 5. The van der Waals surface area contributed by atoms with Gasteiger partial charge < -0.3 is 33.7 Å². The second kappa shape index (κ2) is 12.6. The standard InChI is InChI=1S/C20H27NO12S/c1-9(22)28-8-14-15(29-10(2)23)16(30-11(3)24)17(31-12(4)25)19(32-14)34-7-5-6-13-18(26)33-20(27)21-13/h13-17,19H,5-8H2,1-4H3,(H,21,27)/t13?,14-,15-,16+,17-,19+/m1/s1. The first kappa shape index (κ1) is 27.4. The van der Waals surface area contributed by atoms with Crippen LogP contribution in [-0.4, -0.2) is 84.2 Å². The second-order valence-electron chi connectivity index (χ2n) is 7.49. The molecule has 1 amide bonds. The molecular weight excluding hydrogens is 478 g/mol. The van der Waals surface area contributed by atoms with Crippen LogP contribution in [0.15, 0.2) is 0 Å². The van der Waals surface area contributed by atoms with Gasteiger partial charge in [0, 0.05) is 27.7 Å². The molecule has 2 aliphatic heterocycles. The van der Waals surface area contributed by atoms with E-state index in [2.05, 4.69) is 10.1 Å². The summed E-state index contributed by atoms with van der Waals surface area (Å²) in [6, 6.07) is -0.761. The van der Waals surface area contributed by atoms with Gasteiger partial charge in [-0.05, 0) is 18.6 Å². The van der Waals surface area contributed by atoms with Gasteiger partial charge in [0.2, 0.25) is 0 Å². The summed E-state index contributed by atoms with van der Waals surface area (Å²) in [5.41, 5.74) is -0.897. The molecule has 6 atom stereocenters. The minimum Gasteiger partial charge on any atom is -0.463 e. The Morgan fingerprint density at radius 3 is 2.00 bits per heavy atom. The van der Waals surface area contributed by atoms with E-state index in [1.807, 2.05) is 0 Å². The Kier molecular flexibility index (Phi) is 10.1. The van der Waals surface area contributed by atoms with Crippen molar-refractivity contribution in [3.63, 3.8) is 0 Å². The van der Waals surface area contributed by atoms with Gasteiger partial charge in [-0.15, -0.1) is 11.8 Å². The topological polar surface area (TPSA) is 170 Å². The first-order valence-corrected chi connectivity index (χ1v) is 11.5. The first-order valence-electron chi connectivity index (χ1n) is 10.4. The lowest BCUT2D eigenvalue weighted by molar-refractivity contribution is -0.237. The van der Waals surface area contributed by atoms with Crippen LogP contribution < -0.4 is 5.32 Å². The van der Waals surface area contributed by atoms with Gasteiger partial charge in [0.05, 0.1) is 0 Å². The summed E-state index contributed by atoms with van der Waals surface area (Å²) in [5, 5.41) is 2.39. The Bertz CT molecular complexity index is 817. The number of thioether (sulfide) groups is 1. The normalized spacial score (nSPS) is 28.4. The third kappa shape index (κ3) is 8.17. The molecule has 0 aromatic carbocycles. The van der Waals surface area contributed by atoms with Crippen LogP contribution in [0.4, 0.5) is 4.79 Å². The monoisotopic (exact) mass is 505 g/mol. The molecular formula is C20H27NO12S. The fraction of sp³-hybridized carbons (Fsp3) is 0.700. The lowest BCUT2D eigenvalue weighted by Crippen LogP contribution is -2.61. The van der Waals surface area contributed by atoms with E-state index < -0.39 is 71.8 Å². The quantitative estimate of drug-likeness (QED) is 0.185. The highest BCUT2D eigenvalue weighted by Gasteiger charge is 2.52. The van der Waals surface area contributed by atoms with Crippen LogP contribution in [0.25, 0.3) is 0 Å². The Balaban J connectivity index is 2.18. The van der Waals surface area contributed by atoms with Crippen molar-refractivity contribution in [2.24, 2.45) is 0 Å². The lowest BCUT2D eigenvalue weighted by Gasteiger charge is -2.44. The molecule has 2 aliphatic rings. The largest absolute Gasteiger partial charge is 0.463 e. The van der Waals surface area contributed by atoms with Crippen molar-refractivity contribution in [3.05, 3.63) is 0 Å². The second-order valence-corrected chi connectivity index (χ2v) is 8.69. The zero-order valence-corrected chi connectivity index (χ0v) is 19.9. The Morgan fingerprint density at radius 2 is 1.47 bits per heavy atom. The van der Waals surface area contributed by atoms with Gasteiger partial charge in [-0.3, -0.25) is 19.2 Å². The van der Waals surface area contributed by atoms with E-state index >= 15 is 0 Å². The van der Waals surface area contributed by atoms with E-state index in [9.17, 15) is 28.8 Å². The zero-order chi connectivity index (χ0) is 25.4. The van der Waals surface area contributed by atoms with Gasteiger partial charge in [0.15, 0.2) is 18.3 Å². The molecule has 0 aromatic rings. The summed E-state index contributed by atoms with van der Waals surface area (Å²) < 4.78 is 31.4. The highest BCUT2D eigenvalue weighted by Crippen LogP contribution is 2.34. The summed E-state index contributed by atoms with van der Waals surface area (Å²) in [4.78, 5) is 69.3. The molecule has 1 N–H and O–H groups in total. The van der Waals surface area contributed by atoms with Crippen molar-refractivity contribution in [1.29, 1.82) is 0 Å². The third-order valence-corrected chi connectivity index (χ3v) is 5.87. The fourth-order valence-corrected chi connectivity index (χ4v) is 4.58. The molecule has 0 radical (unpaired) electrons. The molecule has 2 fully saturated rings. The molecule has 2 heterocycles. The molecule has 13 nitrogen and oxygen atoms in total. The van der Waals surface area contributed by atoms with E-state index in [0.29, 0.717) is 18.6 Å². The third-order valence-electron chi connectivity index (χ3n) is 4.64. The maximum absolute atomic E-state index is 11.8. The SMILES string of the molecule is CC(=O)OC[C@H]1O[C@@H](SCCCC2NC(=O)OC2=O)[C@H](OC(C)=O)[C@@H](OC(C)=O)[C@@H]1OC(C)=O. The average Bonchev–Trinajstić information content (AvgIpc) is 3.03. The molecule has 2 rings (SSSR count). The summed E-state index contributed by atoms with van der Waals surface area (Å²) in [5.74, 6) is -3.00. The Hall–Kier alpha value is -2.87. The molecule has 190 valence electrons. The molecule has 14 heteroatoms. The number of nitrogens with one attached hydrogen (secondary N) is 1. The summed E-state index contributed by atoms with van der Waals surface area (Å²) in [6.45, 7) is 4.32. The molecule has 2 saturated heterocycles. The fourth-order valence-electron chi connectivity index (χ4n) is 3.39. The van der Waals surface area contributed by atoms with Crippen molar-refractivity contribution in [2.75, 3.05) is 12.4 Å². The number of rotatable bonds is 10. The molecule has 0 saturated carbocycles. The lowest BCUT2D eigenvalue weighted by atomic mass is 9.99. The summed E-state index contributed by atoms with van der Waals surface area (Å²) >= 11 is 1.19. The minimum absolute atomic E-state index is 0.294. The maximum Gasteiger partial charge on any atom is 0.415 e. The van der Waals surface area contributed by atoms with Gasteiger partial charge in [-0.1, -0.05) is 0 Å². The molecule has 34 heavy (non-hydrogen) atoms. The highest BCUT2D eigenvalue weighted by molar-refractivity contribution is 7.99. The van der Waals surface area contributed by atoms with Crippen molar-refractivity contribution in [3.8, 4) is 0 Å². The van der Waals surface area contributed by atoms with E-state index in [0.717, 1.165) is 20.8 Å². The number of amides is 1. The van der Waals surface area contributed by atoms with Crippen LogP contribution in [0, 0.1) is 0 Å². The number of hydrogen-bond donors (Lipinski definition) is 1. The van der Waals surface area contributed by atoms with Crippen molar-refractivity contribution in [1.82, 2.24) is 5.32 Å². The average molecular weight is 505 g/mol. The zero-order valence-electron chi connectivity index (χ0n) is 19.1. The van der Waals surface area contributed by atoms with Crippen LogP contribution in [0.1, 0.15) is 40.5 Å².